The SMILES string of the molecule is C=C(C)[C@]1(O)C[C@@H](C)[C@@]2(O)[C@H]([C@H]1OC)[C@@H]1O[C@]1(CO)[C@@H](O)[C@@]1(O)[C@@H]2[C@@H]([C@H](C)CCCCCCCC)[C@H](C)[C@@H]1OC(=O)c1ccccc1. The number of rotatable bonds is 13. The van der Waals surface area contributed by atoms with E-state index in [1.54, 1.807) is 37.3 Å². The fraction of sp³-hybridized carbons (Fsp3) is 0.763. The van der Waals surface area contributed by atoms with Crippen molar-refractivity contribution in [3.8, 4) is 0 Å². The maximum atomic E-state index is 13.6. The zero-order valence-corrected chi connectivity index (χ0v) is 29.1. The van der Waals surface area contributed by atoms with Crippen LogP contribution < -0.4 is 0 Å². The number of fused-ring (bicyclic) bond motifs is 5. The monoisotopic (exact) mass is 658 g/mol. The zero-order valence-electron chi connectivity index (χ0n) is 29.1. The van der Waals surface area contributed by atoms with Crippen LogP contribution >= 0.6 is 0 Å². The van der Waals surface area contributed by atoms with Crippen LogP contribution in [0.15, 0.2) is 42.5 Å². The highest BCUT2D eigenvalue weighted by Crippen LogP contribution is 2.69. The van der Waals surface area contributed by atoms with Gasteiger partial charge in [-0.1, -0.05) is 97.4 Å². The van der Waals surface area contributed by atoms with Gasteiger partial charge in [-0.15, -0.1) is 0 Å². The minimum Gasteiger partial charge on any atom is -0.455 e. The van der Waals surface area contributed by atoms with E-state index in [9.17, 15) is 30.3 Å². The van der Waals surface area contributed by atoms with Gasteiger partial charge in [0.15, 0.2) is 0 Å². The predicted octanol–water partition coefficient (Wildman–Crippen LogP) is 4.43. The molecular weight excluding hydrogens is 600 g/mol. The largest absolute Gasteiger partial charge is 0.455 e. The topological polar surface area (TPSA) is 149 Å². The summed E-state index contributed by atoms with van der Waals surface area (Å²) in [6.07, 6.45) is 2.76. The van der Waals surface area contributed by atoms with Gasteiger partial charge in [0, 0.05) is 18.9 Å². The first kappa shape index (κ1) is 36.4. The molecule has 47 heavy (non-hydrogen) atoms. The van der Waals surface area contributed by atoms with Crippen LogP contribution in [0.25, 0.3) is 0 Å². The van der Waals surface area contributed by atoms with E-state index in [0.717, 1.165) is 25.7 Å². The molecule has 3 saturated carbocycles. The Balaban J connectivity index is 1.64. The first-order valence-electron chi connectivity index (χ1n) is 17.8. The first-order valence-corrected chi connectivity index (χ1v) is 17.8. The van der Waals surface area contributed by atoms with Gasteiger partial charge in [0.05, 0.1) is 23.9 Å². The summed E-state index contributed by atoms with van der Waals surface area (Å²) in [5.41, 5.74) is -6.38. The third-order valence-electron chi connectivity index (χ3n) is 12.8. The van der Waals surface area contributed by atoms with Crippen molar-refractivity contribution >= 4 is 5.97 Å². The molecule has 0 amide bonds. The number of unbranched alkanes of at least 4 members (excludes halogenated alkanes) is 5. The van der Waals surface area contributed by atoms with Gasteiger partial charge in [-0.2, -0.15) is 0 Å². The molecule has 4 aliphatic rings. The number of hydrogen-bond acceptors (Lipinski definition) is 9. The number of ether oxygens (including phenoxy) is 3. The number of carbonyl (C=O) groups is 1. The van der Waals surface area contributed by atoms with E-state index >= 15 is 0 Å². The first-order chi connectivity index (χ1) is 22.2. The summed E-state index contributed by atoms with van der Waals surface area (Å²) in [6, 6.07) is 8.52. The third-order valence-corrected chi connectivity index (χ3v) is 12.8. The average molecular weight is 659 g/mol. The molecule has 1 aliphatic heterocycles. The molecule has 3 aliphatic carbocycles. The second-order valence-electron chi connectivity index (χ2n) is 15.5. The smallest absolute Gasteiger partial charge is 0.338 e. The lowest BCUT2D eigenvalue weighted by molar-refractivity contribution is -0.278. The number of esters is 1. The summed E-state index contributed by atoms with van der Waals surface area (Å²) in [6.45, 7) is 13.2. The van der Waals surface area contributed by atoms with Crippen molar-refractivity contribution in [1.29, 1.82) is 0 Å². The molecule has 0 unspecified atom stereocenters. The van der Waals surface area contributed by atoms with Crippen LogP contribution in [0.4, 0.5) is 0 Å². The number of epoxide rings is 1. The minimum atomic E-state index is -2.20. The van der Waals surface area contributed by atoms with Crippen molar-refractivity contribution in [3.63, 3.8) is 0 Å². The van der Waals surface area contributed by atoms with Crippen molar-refractivity contribution < 1.29 is 44.5 Å². The number of hydrogen-bond donors (Lipinski definition) is 5. The van der Waals surface area contributed by atoms with Gasteiger partial charge in [0.25, 0.3) is 0 Å². The van der Waals surface area contributed by atoms with E-state index in [1.807, 2.05) is 13.8 Å². The summed E-state index contributed by atoms with van der Waals surface area (Å²) in [5, 5.41) is 61.8. The molecule has 0 radical (unpaired) electrons. The highest BCUT2D eigenvalue weighted by atomic mass is 16.6. The molecule has 9 nitrogen and oxygen atoms in total. The Morgan fingerprint density at radius 1 is 1.04 bits per heavy atom. The molecule has 14 atom stereocenters. The van der Waals surface area contributed by atoms with Crippen molar-refractivity contribution in [2.75, 3.05) is 13.7 Å². The highest BCUT2D eigenvalue weighted by Gasteiger charge is 2.85. The van der Waals surface area contributed by atoms with Gasteiger partial charge in [-0.25, -0.2) is 4.79 Å². The van der Waals surface area contributed by atoms with E-state index in [1.165, 1.54) is 26.4 Å². The van der Waals surface area contributed by atoms with Crippen LogP contribution in [0.5, 0.6) is 0 Å². The summed E-state index contributed by atoms with van der Waals surface area (Å²) < 4.78 is 18.4. The number of aliphatic hydroxyl groups excluding tert-OH is 2. The molecule has 1 aromatic rings. The van der Waals surface area contributed by atoms with Gasteiger partial charge in [0.2, 0.25) is 0 Å². The molecule has 0 bridgehead atoms. The van der Waals surface area contributed by atoms with Gasteiger partial charge >= 0.3 is 5.97 Å². The lowest BCUT2D eigenvalue weighted by Gasteiger charge is -2.59. The highest BCUT2D eigenvalue weighted by molar-refractivity contribution is 5.89. The normalized spacial score (nSPS) is 44.4. The molecule has 1 heterocycles. The summed E-state index contributed by atoms with van der Waals surface area (Å²) >= 11 is 0. The zero-order chi connectivity index (χ0) is 34.5. The minimum absolute atomic E-state index is 0.0273. The van der Waals surface area contributed by atoms with Gasteiger partial charge < -0.3 is 39.7 Å². The van der Waals surface area contributed by atoms with Crippen LogP contribution in [-0.4, -0.2) is 92.0 Å². The molecule has 0 spiro atoms. The Morgan fingerprint density at radius 3 is 2.28 bits per heavy atom. The molecule has 264 valence electrons. The van der Waals surface area contributed by atoms with Crippen LogP contribution in [0.2, 0.25) is 0 Å². The van der Waals surface area contributed by atoms with Crippen molar-refractivity contribution in [2.45, 2.75) is 133 Å². The Morgan fingerprint density at radius 2 is 1.68 bits per heavy atom. The van der Waals surface area contributed by atoms with Crippen molar-refractivity contribution in [1.82, 2.24) is 0 Å². The summed E-state index contributed by atoms with van der Waals surface area (Å²) in [5.74, 6) is -4.12. The summed E-state index contributed by atoms with van der Waals surface area (Å²) in [4.78, 5) is 13.6. The van der Waals surface area contributed by atoms with Crippen LogP contribution in [0.1, 0.15) is 96.3 Å². The Bertz CT molecular complexity index is 1270. The fourth-order valence-electron chi connectivity index (χ4n) is 10.4. The number of benzene rings is 1. The second kappa shape index (κ2) is 13.5. The standard InChI is InChI=1S/C38H58O9/c1-8-9-10-11-12-14-17-23(4)27-25(6)30(46-33(40)26-18-15-13-16-19-26)38(44)29(27)37(43)24(5)20-35(42,22(2)3)31(45-7)28(37)32-36(21-39,47-32)34(38)41/h13,15-16,18-19,23-25,27-32,34,39,41-44H,2,8-12,14,17,20-21H2,1,3-7H3/t23-,24-,25+,27+,28-,29-,30+,31-,32+,34-,35-,36+,37-,38-/m1/s1. The molecule has 0 aromatic heterocycles. The van der Waals surface area contributed by atoms with E-state index in [2.05, 4.69) is 20.4 Å². The molecule has 5 rings (SSSR count). The Labute approximate surface area is 280 Å². The van der Waals surface area contributed by atoms with Gasteiger partial charge in [0.1, 0.15) is 35.1 Å². The number of methoxy groups -OCH3 is 1. The maximum Gasteiger partial charge on any atom is 0.338 e. The van der Waals surface area contributed by atoms with Crippen molar-refractivity contribution in [3.05, 3.63) is 48.0 Å². The van der Waals surface area contributed by atoms with E-state index < -0.39 is 89.0 Å². The Kier molecular flexibility index (Phi) is 10.4. The third kappa shape index (κ3) is 5.53. The lowest BCUT2D eigenvalue weighted by Crippen LogP contribution is -2.72. The molecule has 5 N–H and O–H groups in total. The van der Waals surface area contributed by atoms with Gasteiger partial charge in [-0.05, 0) is 54.7 Å². The average Bonchev–Trinajstić information content (AvgIpc) is 3.74. The lowest BCUT2D eigenvalue weighted by atomic mass is 9.52. The number of aliphatic hydroxyl groups is 5. The quantitative estimate of drug-likeness (QED) is 0.0899. The molecular formula is C38H58O9. The van der Waals surface area contributed by atoms with E-state index in [4.69, 9.17) is 14.2 Å². The molecule has 1 saturated heterocycles. The second-order valence-corrected chi connectivity index (χ2v) is 15.5. The van der Waals surface area contributed by atoms with Crippen LogP contribution in [-0.2, 0) is 14.2 Å². The van der Waals surface area contributed by atoms with E-state index in [-0.39, 0.29) is 12.3 Å². The number of carbonyl (C=O) groups excluding carboxylic acids is 1. The molecule has 1 aromatic carbocycles. The maximum absolute atomic E-state index is 13.6. The molecule has 9 heteroatoms. The fourth-order valence-corrected chi connectivity index (χ4v) is 10.4. The predicted molar refractivity (Wildman–Crippen MR) is 177 cm³/mol. The van der Waals surface area contributed by atoms with E-state index in [0.29, 0.717) is 11.1 Å². The van der Waals surface area contributed by atoms with Gasteiger partial charge in [-0.3, -0.25) is 0 Å². The molecule has 4 fully saturated rings. The van der Waals surface area contributed by atoms with Crippen LogP contribution in [0, 0.1) is 35.5 Å². The summed E-state index contributed by atoms with van der Waals surface area (Å²) in [7, 11) is 1.46. The van der Waals surface area contributed by atoms with Crippen molar-refractivity contribution in [2.24, 2.45) is 35.5 Å². The van der Waals surface area contributed by atoms with Crippen LogP contribution in [0.3, 0.4) is 0 Å². The Hall–Kier alpha value is -1.85.